The van der Waals surface area contributed by atoms with Crippen molar-refractivity contribution in [2.75, 3.05) is 9.80 Å². The van der Waals surface area contributed by atoms with Crippen LogP contribution in [0.15, 0.2) is 352 Å². The van der Waals surface area contributed by atoms with Crippen LogP contribution in [0.25, 0.3) is 121 Å². The fourth-order valence-electron chi connectivity index (χ4n) is 16.3. The molecule has 98 heavy (non-hydrogen) atoms. The van der Waals surface area contributed by atoms with Crippen LogP contribution < -0.4 is 9.80 Å². The third-order valence-electron chi connectivity index (χ3n) is 21.3. The van der Waals surface area contributed by atoms with Crippen molar-refractivity contribution >= 4 is 66.4 Å². The molecule has 0 heterocycles. The first kappa shape index (κ1) is 58.5. The molecule has 0 amide bonds. The van der Waals surface area contributed by atoms with Gasteiger partial charge in [-0.15, -0.1) is 0 Å². The highest BCUT2D eigenvalue weighted by molar-refractivity contribution is 6.13. The zero-order valence-electron chi connectivity index (χ0n) is 55.4. The Morgan fingerprint density at radius 2 is 0.561 bits per heavy atom. The zero-order valence-corrected chi connectivity index (χ0v) is 55.4. The Kier molecular flexibility index (Phi) is 13.9. The van der Waals surface area contributed by atoms with Gasteiger partial charge in [-0.2, -0.15) is 0 Å². The SMILES string of the molecule is CC1(C)c2ccccc2-c2c(-c3ccccc3N(c3ccc(-c4cccc(-c5ccccc5)c4)cc3)c3ccc4cc(-c5cccc(-c6ccc(N(c7ccccc7-c7cccc8c7-c7ccccc7C8(C)C)c7cccc8c7ccc7ccccc78)cc6)c5)ccc4c3)cccc21. The third-order valence-corrected chi connectivity index (χ3v) is 21.3. The lowest BCUT2D eigenvalue weighted by molar-refractivity contribution is 0.660. The molecule has 2 aliphatic rings. The van der Waals surface area contributed by atoms with Crippen LogP contribution in [0.5, 0.6) is 0 Å². The summed E-state index contributed by atoms with van der Waals surface area (Å²) in [6.07, 6.45) is 0. The topological polar surface area (TPSA) is 6.48 Å². The summed E-state index contributed by atoms with van der Waals surface area (Å²) in [5, 5.41) is 7.26. The number of benzene rings is 16. The number of hydrogen-bond donors (Lipinski definition) is 0. The van der Waals surface area contributed by atoms with E-state index in [1.165, 1.54) is 132 Å². The molecule has 0 N–H and O–H groups in total. The van der Waals surface area contributed by atoms with Crippen molar-refractivity contribution in [3.63, 3.8) is 0 Å². The van der Waals surface area contributed by atoms with Crippen molar-refractivity contribution in [3.8, 4) is 89.0 Å². The molecule has 0 atom stereocenters. The molecular formula is C96H70N2. The molecule has 0 saturated carbocycles. The van der Waals surface area contributed by atoms with E-state index in [0.717, 1.165) is 45.3 Å². The van der Waals surface area contributed by atoms with Gasteiger partial charge in [0, 0.05) is 44.4 Å². The number of fused-ring (bicyclic) bond motifs is 10. The zero-order chi connectivity index (χ0) is 65.6. The second kappa shape index (κ2) is 23.4. The Balaban J connectivity index is 0.709. The number of anilines is 6. The van der Waals surface area contributed by atoms with Gasteiger partial charge in [0.25, 0.3) is 0 Å². The molecule has 2 nitrogen and oxygen atoms in total. The van der Waals surface area contributed by atoms with E-state index in [9.17, 15) is 0 Å². The minimum absolute atomic E-state index is 0.125. The first-order valence-corrected chi connectivity index (χ1v) is 34.3. The highest BCUT2D eigenvalue weighted by Gasteiger charge is 2.39. The summed E-state index contributed by atoms with van der Waals surface area (Å²) in [6.45, 7) is 9.47. The molecule has 0 aliphatic heterocycles. The lowest BCUT2D eigenvalue weighted by Crippen LogP contribution is -2.15. The van der Waals surface area contributed by atoms with Gasteiger partial charge in [-0.1, -0.05) is 307 Å². The molecule has 0 fully saturated rings. The van der Waals surface area contributed by atoms with Gasteiger partial charge in [0.15, 0.2) is 0 Å². The van der Waals surface area contributed by atoms with Crippen molar-refractivity contribution in [2.45, 2.75) is 38.5 Å². The van der Waals surface area contributed by atoms with Gasteiger partial charge in [0.05, 0.1) is 17.1 Å². The van der Waals surface area contributed by atoms with E-state index in [0.29, 0.717) is 0 Å². The summed E-state index contributed by atoms with van der Waals surface area (Å²) in [5.74, 6) is 0. The standard InChI is InChI=1S/C96H70N2/c1-95(2)86-38-14-10-33-84(86)93-82(36-20-40-88(93)95)79-31-12-16-42-90(79)97(74-53-47-64(48-54-74)68-27-18-26-67(59-68)63-23-6-5-7-24-63)76-57-51-72-61-71(45-46-73(72)62-76)70-29-19-28-69(60-70)65-49-55-75(56-50-65)98(92-44-22-35-78-77-30-9-8-25-66(77)52-58-81(78)92)91-43-17-13-32-80(91)83-37-21-41-89-94(83)85-34-11-15-39-87(85)96(89,3)4/h5-62H,1-4H3. The predicted molar refractivity (Wildman–Crippen MR) is 416 cm³/mol. The van der Waals surface area contributed by atoms with E-state index in [1.54, 1.807) is 0 Å². The summed E-state index contributed by atoms with van der Waals surface area (Å²) >= 11 is 0. The van der Waals surface area contributed by atoms with Crippen LogP contribution in [0.3, 0.4) is 0 Å². The monoisotopic (exact) mass is 1250 g/mol. The first-order valence-electron chi connectivity index (χ1n) is 34.3. The average molecular weight is 1250 g/mol. The Morgan fingerprint density at radius 3 is 1.16 bits per heavy atom. The fourth-order valence-corrected chi connectivity index (χ4v) is 16.3. The second-order valence-electron chi connectivity index (χ2n) is 27.5. The van der Waals surface area contributed by atoms with E-state index in [2.05, 4.69) is 389 Å². The molecule has 464 valence electrons. The highest BCUT2D eigenvalue weighted by atomic mass is 15.2. The first-order chi connectivity index (χ1) is 48.1. The van der Waals surface area contributed by atoms with E-state index in [-0.39, 0.29) is 10.8 Å². The largest absolute Gasteiger partial charge is 0.310 e. The van der Waals surface area contributed by atoms with Crippen LogP contribution in [0.1, 0.15) is 49.9 Å². The van der Waals surface area contributed by atoms with Gasteiger partial charge in [0.1, 0.15) is 0 Å². The summed E-state index contributed by atoms with van der Waals surface area (Å²) in [4.78, 5) is 4.96. The Labute approximate surface area is 574 Å². The lowest BCUT2D eigenvalue weighted by Gasteiger charge is -2.30. The van der Waals surface area contributed by atoms with Crippen LogP contribution >= 0.6 is 0 Å². The molecule has 0 aromatic heterocycles. The number of rotatable bonds is 12. The van der Waals surface area contributed by atoms with Crippen molar-refractivity contribution in [1.29, 1.82) is 0 Å². The molecule has 0 radical (unpaired) electrons. The molecule has 2 heteroatoms. The lowest BCUT2D eigenvalue weighted by atomic mass is 9.82. The van der Waals surface area contributed by atoms with Gasteiger partial charge in [0.2, 0.25) is 0 Å². The van der Waals surface area contributed by atoms with Crippen molar-refractivity contribution in [2.24, 2.45) is 0 Å². The van der Waals surface area contributed by atoms with Crippen LogP contribution in [-0.4, -0.2) is 0 Å². The molecule has 18 rings (SSSR count). The maximum atomic E-state index is 2.49. The van der Waals surface area contributed by atoms with Gasteiger partial charge in [-0.3, -0.25) is 0 Å². The van der Waals surface area contributed by atoms with Crippen LogP contribution in [0, 0.1) is 0 Å². The molecule has 16 aromatic rings. The van der Waals surface area contributed by atoms with Gasteiger partial charge >= 0.3 is 0 Å². The molecular weight excluding hydrogens is 1180 g/mol. The molecule has 16 aromatic carbocycles. The predicted octanol–water partition coefficient (Wildman–Crippen LogP) is 26.7. The number of hydrogen-bond acceptors (Lipinski definition) is 2. The summed E-state index contributed by atoms with van der Waals surface area (Å²) < 4.78 is 0. The second-order valence-corrected chi connectivity index (χ2v) is 27.5. The van der Waals surface area contributed by atoms with Crippen LogP contribution in [0.2, 0.25) is 0 Å². The summed E-state index contributed by atoms with van der Waals surface area (Å²) in [5.41, 5.74) is 31.4. The maximum Gasteiger partial charge on any atom is 0.0540 e. The molecule has 0 saturated heterocycles. The normalized spacial score (nSPS) is 13.1. The quantitative estimate of drug-likeness (QED) is 0.113. The van der Waals surface area contributed by atoms with Crippen molar-refractivity contribution in [1.82, 2.24) is 0 Å². The Hall–Kier alpha value is -12.1. The fraction of sp³-hybridized carbons (Fsp3) is 0.0625. The third kappa shape index (κ3) is 9.69. The van der Waals surface area contributed by atoms with Crippen LogP contribution in [-0.2, 0) is 10.8 Å². The Morgan fingerprint density at radius 1 is 0.194 bits per heavy atom. The molecule has 0 unspecified atom stereocenters. The van der Waals surface area contributed by atoms with Gasteiger partial charge < -0.3 is 9.80 Å². The average Bonchev–Trinajstić information content (AvgIpc) is 1.50. The minimum Gasteiger partial charge on any atom is -0.310 e. The van der Waals surface area contributed by atoms with E-state index in [4.69, 9.17) is 0 Å². The molecule has 0 bridgehead atoms. The van der Waals surface area contributed by atoms with E-state index < -0.39 is 0 Å². The maximum absolute atomic E-state index is 2.49. The van der Waals surface area contributed by atoms with Crippen LogP contribution in [0.4, 0.5) is 34.1 Å². The number of para-hydroxylation sites is 2. The smallest absolute Gasteiger partial charge is 0.0540 e. The molecule has 0 spiro atoms. The summed E-state index contributed by atoms with van der Waals surface area (Å²) in [7, 11) is 0. The minimum atomic E-state index is -0.127. The van der Waals surface area contributed by atoms with Crippen molar-refractivity contribution in [3.05, 3.63) is 374 Å². The number of nitrogens with zero attached hydrogens (tertiary/aromatic N) is 2. The van der Waals surface area contributed by atoms with E-state index >= 15 is 0 Å². The highest BCUT2D eigenvalue weighted by Crippen LogP contribution is 2.56. The molecule has 2 aliphatic carbocycles. The Bertz CT molecular complexity index is 5810. The van der Waals surface area contributed by atoms with E-state index in [1.807, 2.05) is 0 Å². The van der Waals surface area contributed by atoms with Crippen molar-refractivity contribution < 1.29 is 0 Å². The van der Waals surface area contributed by atoms with Gasteiger partial charge in [-0.25, -0.2) is 0 Å². The summed E-state index contributed by atoms with van der Waals surface area (Å²) in [6, 6.07) is 131. The van der Waals surface area contributed by atoms with Gasteiger partial charge in [-0.05, 0) is 200 Å².